The van der Waals surface area contributed by atoms with E-state index in [-0.39, 0.29) is 0 Å². The zero-order valence-corrected chi connectivity index (χ0v) is 11.5. The number of thioether (sulfide) groups is 1. The third-order valence-electron chi connectivity index (χ3n) is 2.56. The van der Waals surface area contributed by atoms with E-state index in [2.05, 4.69) is 22.6 Å². The molecular weight excluding hydrogens is 236 g/mol. The Hall–Kier alpha value is -0.0600. The summed E-state index contributed by atoms with van der Waals surface area (Å²) in [5.41, 5.74) is 1.27. The van der Waals surface area contributed by atoms with Crippen LogP contribution in [0, 0.1) is 0 Å². The average Bonchev–Trinajstić information content (AvgIpc) is 2.99. The van der Waals surface area contributed by atoms with E-state index in [1.807, 2.05) is 23.1 Å². The second-order valence-corrected chi connectivity index (χ2v) is 6.31. The van der Waals surface area contributed by atoms with Gasteiger partial charge in [-0.1, -0.05) is 6.92 Å². The molecule has 0 amide bonds. The van der Waals surface area contributed by atoms with Crippen LogP contribution in [0.4, 0.5) is 0 Å². The SMILES string of the molecule is CCCSCc1nc(CCNC2CC2)cs1. The van der Waals surface area contributed by atoms with Gasteiger partial charge in [-0.3, -0.25) is 0 Å². The molecule has 1 N–H and O–H groups in total. The van der Waals surface area contributed by atoms with E-state index in [4.69, 9.17) is 0 Å². The van der Waals surface area contributed by atoms with Crippen molar-refractivity contribution in [3.8, 4) is 0 Å². The van der Waals surface area contributed by atoms with Gasteiger partial charge in [0.1, 0.15) is 5.01 Å². The standard InChI is InChI=1S/C12H20N2S2/c1-2-7-15-9-12-14-11(8-16-12)5-6-13-10-3-4-10/h8,10,13H,2-7,9H2,1H3. The molecule has 1 aliphatic rings. The summed E-state index contributed by atoms with van der Waals surface area (Å²) in [4.78, 5) is 4.66. The molecule has 0 aliphatic heterocycles. The lowest BCUT2D eigenvalue weighted by molar-refractivity contribution is 0.676. The summed E-state index contributed by atoms with van der Waals surface area (Å²) in [7, 11) is 0. The van der Waals surface area contributed by atoms with Gasteiger partial charge in [-0.05, 0) is 25.0 Å². The minimum atomic E-state index is 0.818. The summed E-state index contributed by atoms with van der Waals surface area (Å²) in [6, 6.07) is 0.818. The lowest BCUT2D eigenvalue weighted by Crippen LogP contribution is -2.19. The molecule has 1 heterocycles. The second kappa shape index (κ2) is 6.62. The normalized spacial score (nSPS) is 15.6. The molecule has 0 bridgehead atoms. The fourth-order valence-electron chi connectivity index (χ4n) is 1.53. The molecule has 2 nitrogen and oxygen atoms in total. The van der Waals surface area contributed by atoms with Crippen LogP contribution < -0.4 is 5.32 Å². The summed E-state index contributed by atoms with van der Waals surface area (Å²) in [5.74, 6) is 2.34. The predicted octanol–water partition coefficient (Wildman–Crippen LogP) is 3.08. The van der Waals surface area contributed by atoms with Gasteiger partial charge < -0.3 is 5.32 Å². The Bertz CT molecular complexity index is 308. The molecule has 1 aromatic heterocycles. The fourth-order valence-corrected chi connectivity index (χ4v) is 3.33. The average molecular weight is 256 g/mol. The molecule has 2 rings (SSSR count). The van der Waals surface area contributed by atoms with E-state index in [0.717, 1.165) is 24.8 Å². The van der Waals surface area contributed by atoms with Crippen molar-refractivity contribution in [2.45, 2.75) is 44.4 Å². The first-order valence-electron chi connectivity index (χ1n) is 6.13. The molecule has 0 aromatic carbocycles. The van der Waals surface area contributed by atoms with Crippen LogP contribution >= 0.6 is 23.1 Å². The summed E-state index contributed by atoms with van der Waals surface area (Å²) in [6.07, 6.45) is 5.09. The molecule has 4 heteroatoms. The number of hydrogen-bond donors (Lipinski definition) is 1. The number of nitrogens with one attached hydrogen (secondary N) is 1. The highest BCUT2D eigenvalue weighted by Gasteiger charge is 2.19. The molecule has 0 spiro atoms. The van der Waals surface area contributed by atoms with E-state index in [9.17, 15) is 0 Å². The molecule has 0 saturated heterocycles. The van der Waals surface area contributed by atoms with Crippen molar-refractivity contribution < 1.29 is 0 Å². The van der Waals surface area contributed by atoms with Gasteiger partial charge in [0, 0.05) is 30.1 Å². The largest absolute Gasteiger partial charge is 0.314 e. The number of nitrogens with zero attached hydrogens (tertiary/aromatic N) is 1. The fraction of sp³-hybridized carbons (Fsp3) is 0.750. The van der Waals surface area contributed by atoms with Crippen LogP contribution in [-0.4, -0.2) is 23.3 Å². The van der Waals surface area contributed by atoms with Crippen LogP contribution in [0.1, 0.15) is 36.9 Å². The Morgan fingerprint density at radius 2 is 2.44 bits per heavy atom. The maximum absolute atomic E-state index is 4.66. The van der Waals surface area contributed by atoms with Crippen molar-refractivity contribution in [1.82, 2.24) is 10.3 Å². The maximum Gasteiger partial charge on any atom is 0.103 e. The number of rotatable bonds is 8. The van der Waals surface area contributed by atoms with Crippen LogP contribution in [-0.2, 0) is 12.2 Å². The zero-order valence-electron chi connectivity index (χ0n) is 9.87. The maximum atomic E-state index is 4.66. The van der Waals surface area contributed by atoms with Crippen molar-refractivity contribution in [1.29, 1.82) is 0 Å². The Labute approximate surface area is 106 Å². The Morgan fingerprint density at radius 1 is 1.56 bits per heavy atom. The summed E-state index contributed by atoms with van der Waals surface area (Å²) < 4.78 is 0. The minimum Gasteiger partial charge on any atom is -0.314 e. The Kier molecular flexibility index (Phi) is 5.13. The first-order valence-corrected chi connectivity index (χ1v) is 8.16. The van der Waals surface area contributed by atoms with Crippen molar-refractivity contribution >= 4 is 23.1 Å². The lowest BCUT2D eigenvalue weighted by Gasteiger charge is -1.99. The lowest BCUT2D eigenvalue weighted by atomic mass is 10.3. The van der Waals surface area contributed by atoms with Gasteiger partial charge in [0.05, 0.1) is 5.69 Å². The summed E-state index contributed by atoms with van der Waals surface area (Å²) >= 11 is 3.81. The number of thiazole rings is 1. The van der Waals surface area contributed by atoms with Crippen LogP contribution in [0.25, 0.3) is 0 Å². The van der Waals surface area contributed by atoms with Gasteiger partial charge in [0.25, 0.3) is 0 Å². The van der Waals surface area contributed by atoms with E-state index in [1.54, 1.807) is 0 Å². The number of hydrogen-bond acceptors (Lipinski definition) is 4. The molecule has 1 saturated carbocycles. The third-order valence-corrected chi connectivity index (χ3v) is 4.82. The smallest absolute Gasteiger partial charge is 0.103 e. The highest BCUT2D eigenvalue weighted by Crippen LogP contribution is 2.19. The number of aromatic nitrogens is 1. The van der Waals surface area contributed by atoms with E-state index < -0.39 is 0 Å². The summed E-state index contributed by atoms with van der Waals surface area (Å²) in [6.45, 7) is 3.32. The van der Waals surface area contributed by atoms with Gasteiger partial charge in [0.2, 0.25) is 0 Å². The van der Waals surface area contributed by atoms with E-state index >= 15 is 0 Å². The Balaban J connectivity index is 1.64. The van der Waals surface area contributed by atoms with Gasteiger partial charge in [0.15, 0.2) is 0 Å². The van der Waals surface area contributed by atoms with Gasteiger partial charge >= 0.3 is 0 Å². The van der Waals surface area contributed by atoms with Gasteiger partial charge in [-0.15, -0.1) is 11.3 Å². The quantitative estimate of drug-likeness (QED) is 0.724. The van der Waals surface area contributed by atoms with Gasteiger partial charge in [-0.2, -0.15) is 11.8 Å². The highest BCUT2D eigenvalue weighted by molar-refractivity contribution is 7.98. The van der Waals surface area contributed by atoms with Crippen LogP contribution in [0.5, 0.6) is 0 Å². The van der Waals surface area contributed by atoms with E-state index in [1.165, 1.54) is 35.7 Å². The molecular formula is C12H20N2S2. The van der Waals surface area contributed by atoms with Crippen molar-refractivity contribution in [3.63, 3.8) is 0 Å². The van der Waals surface area contributed by atoms with Crippen LogP contribution in [0.3, 0.4) is 0 Å². The van der Waals surface area contributed by atoms with Crippen molar-refractivity contribution in [2.75, 3.05) is 12.3 Å². The molecule has 1 fully saturated rings. The molecule has 0 atom stereocenters. The topological polar surface area (TPSA) is 24.9 Å². The van der Waals surface area contributed by atoms with Crippen molar-refractivity contribution in [3.05, 3.63) is 16.1 Å². The first kappa shape index (κ1) is 12.4. The van der Waals surface area contributed by atoms with Crippen molar-refractivity contribution in [2.24, 2.45) is 0 Å². The monoisotopic (exact) mass is 256 g/mol. The third kappa shape index (κ3) is 4.44. The predicted molar refractivity (Wildman–Crippen MR) is 73.3 cm³/mol. The summed E-state index contributed by atoms with van der Waals surface area (Å²) in [5, 5.41) is 7.04. The van der Waals surface area contributed by atoms with E-state index in [0.29, 0.717) is 0 Å². The highest BCUT2D eigenvalue weighted by atomic mass is 32.2. The van der Waals surface area contributed by atoms with Crippen LogP contribution in [0.15, 0.2) is 5.38 Å². The molecule has 16 heavy (non-hydrogen) atoms. The van der Waals surface area contributed by atoms with Crippen LogP contribution in [0.2, 0.25) is 0 Å². The minimum absolute atomic E-state index is 0.818. The molecule has 1 aromatic rings. The zero-order chi connectivity index (χ0) is 11.2. The molecule has 0 unspecified atom stereocenters. The Morgan fingerprint density at radius 3 is 3.19 bits per heavy atom. The molecule has 0 radical (unpaired) electrons. The van der Waals surface area contributed by atoms with Gasteiger partial charge in [-0.25, -0.2) is 4.98 Å². The molecule has 1 aliphatic carbocycles. The first-order chi connectivity index (χ1) is 7.88. The second-order valence-electron chi connectivity index (χ2n) is 4.26. The molecule has 90 valence electrons.